The number of amides is 2. The van der Waals surface area contributed by atoms with Gasteiger partial charge in [-0.2, -0.15) is 4.99 Å². The highest BCUT2D eigenvalue weighted by Gasteiger charge is 2.31. The van der Waals surface area contributed by atoms with Crippen LogP contribution in [0.2, 0.25) is 0 Å². The molecule has 0 saturated carbocycles. The average Bonchev–Trinajstić information content (AvgIpc) is 3.32. The zero-order chi connectivity index (χ0) is 26.6. The fourth-order valence-corrected chi connectivity index (χ4v) is 3.62. The van der Waals surface area contributed by atoms with Crippen molar-refractivity contribution in [2.45, 2.75) is 20.2 Å². The first-order valence-electron chi connectivity index (χ1n) is 10.9. The van der Waals surface area contributed by atoms with E-state index in [0.717, 1.165) is 16.8 Å². The van der Waals surface area contributed by atoms with Crippen molar-refractivity contribution in [1.29, 1.82) is 0 Å². The fraction of sp³-hybridized carbons (Fsp3) is 0.120. The molecule has 0 atom stereocenters. The van der Waals surface area contributed by atoms with E-state index >= 15 is 0 Å². The highest BCUT2D eigenvalue weighted by molar-refractivity contribution is 7.97. The third kappa shape index (κ3) is 6.88. The number of thiol groups is 1. The SMILES string of the molecule is Cc1cccc(C)c1N/C(S)=N/C(=O)Nc1ccc(-c2ncn(-c3ccc(OC(F)(F)F)cc3)n2)cc1. The van der Waals surface area contributed by atoms with Gasteiger partial charge in [0.05, 0.1) is 5.69 Å². The molecule has 0 spiro atoms. The van der Waals surface area contributed by atoms with Crippen LogP contribution in [-0.2, 0) is 0 Å². The number of carbonyl (C=O) groups excluding carboxylic acids is 1. The van der Waals surface area contributed by atoms with Gasteiger partial charge in [-0.05, 0) is 73.5 Å². The molecule has 0 aliphatic rings. The summed E-state index contributed by atoms with van der Waals surface area (Å²) in [5.74, 6) is 0.0617. The van der Waals surface area contributed by atoms with Gasteiger partial charge in [-0.25, -0.2) is 14.5 Å². The smallest absolute Gasteiger partial charge is 0.406 e. The number of hydrogen-bond acceptors (Lipinski definition) is 4. The van der Waals surface area contributed by atoms with Gasteiger partial charge in [-0.15, -0.1) is 30.9 Å². The molecule has 1 aromatic heterocycles. The van der Waals surface area contributed by atoms with Crippen LogP contribution in [0, 0.1) is 13.8 Å². The van der Waals surface area contributed by atoms with E-state index in [4.69, 9.17) is 0 Å². The Hall–Kier alpha value is -4.32. The number of alkyl halides is 3. The Morgan fingerprint density at radius 2 is 1.62 bits per heavy atom. The lowest BCUT2D eigenvalue weighted by atomic mass is 10.1. The lowest BCUT2D eigenvalue weighted by molar-refractivity contribution is -0.274. The standard InChI is InChI=1S/C25H21F3N6O2S/c1-15-4-3-5-16(2)21(15)31-24(37)32-23(35)30-18-8-6-17(7-9-18)22-29-14-34(33-22)19-10-12-20(13-11-19)36-25(26,27)28/h3-14H,1-2H3,(H3,30,31,32,35,37). The summed E-state index contributed by atoms with van der Waals surface area (Å²) >= 11 is 4.26. The topological polar surface area (TPSA) is 93.4 Å². The minimum atomic E-state index is -4.76. The zero-order valence-electron chi connectivity index (χ0n) is 19.6. The summed E-state index contributed by atoms with van der Waals surface area (Å²) in [6.45, 7) is 3.89. The molecule has 4 aromatic rings. The summed E-state index contributed by atoms with van der Waals surface area (Å²) in [5.41, 5.74) is 4.52. The fourth-order valence-electron chi connectivity index (χ4n) is 3.42. The Labute approximate surface area is 215 Å². The molecule has 0 fully saturated rings. The molecule has 0 unspecified atom stereocenters. The van der Waals surface area contributed by atoms with Gasteiger partial charge in [0.25, 0.3) is 0 Å². The minimum absolute atomic E-state index is 0.152. The largest absolute Gasteiger partial charge is 0.573 e. The summed E-state index contributed by atoms with van der Waals surface area (Å²) < 4.78 is 42.3. The third-order valence-corrected chi connectivity index (χ3v) is 5.36. The molecule has 0 radical (unpaired) electrons. The van der Waals surface area contributed by atoms with Crippen molar-refractivity contribution in [3.63, 3.8) is 0 Å². The summed E-state index contributed by atoms with van der Waals surface area (Å²) in [4.78, 5) is 20.5. The predicted molar refractivity (Wildman–Crippen MR) is 138 cm³/mol. The van der Waals surface area contributed by atoms with Gasteiger partial charge in [0.2, 0.25) is 0 Å². The van der Waals surface area contributed by atoms with Crippen LogP contribution < -0.4 is 15.4 Å². The quantitative estimate of drug-likeness (QED) is 0.159. The number of benzene rings is 3. The number of aromatic nitrogens is 3. The zero-order valence-corrected chi connectivity index (χ0v) is 20.5. The molecule has 1 heterocycles. The van der Waals surface area contributed by atoms with Crippen molar-refractivity contribution in [2.75, 3.05) is 10.6 Å². The molecule has 190 valence electrons. The number of anilines is 2. The first-order valence-corrected chi connectivity index (χ1v) is 11.3. The molecule has 2 amide bonds. The van der Waals surface area contributed by atoms with Gasteiger partial charge < -0.3 is 15.4 Å². The molecule has 0 bridgehead atoms. The van der Waals surface area contributed by atoms with E-state index in [1.807, 2.05) is 32.0 Å². The van der Waals surface area contributed by atoms with Crippen molar-refractivity contribution in [3.8, 4) is 22.8 Å². The van der Waals surface area contributed by atoms with E-state index in [1.54, 1.807) is 24.3 Å². The summed E-state index contributed by atoms with van der Waals surface area (Å²) in [5, 5.41) is 10.2. The number of amidine groups is 1. The van der Waals surface area contributed by atoms with Gasteiger partial charge in [-0.3, -0.25) is 0 Å². The number of hydrogen-bond donors (Lipinski definition) is 3. The normalized spacial score (nSPS) is 11.8. The van der Waals surface area contributed by atoms with E-state index < -0.39 is 12.4 Å². The number of halogens is 3. The molecule has 12 heteroatoms. The van der Waals surface area contributed by atoms with Crippen molar-refractivity contribution >= 4 is 35.2 Å². The average molecular weight is 527 g/mol. The van der Waals surface area contributed by atoms with Crippen molar-refractivity contribution in [1.82, 2.24) is 14.8 Å². The van der Waals surface area contributed by atoms with E-state index in [9.17, 15) is 18.0 Å². The number of rotatable bonds is 5. The third-order valence-electron chi connectivity index (χ3n) is 5.15. The van der Waals surface area contributed by atoms with Crippen LogP contribution in [0.1, 0.15) is 11.1 Å². The van der Waals surface area contributed by atoms with E-state index in [0.29, 0.717) is 22.8 Å². The Morgan fingerprint density at radius 3 is 2.24 bits per heavy atom. The first-order chi connectivity index (χ1) is 17.6. The molecule has 3 aromatic carbocycles. The summed E-state index contributed by atoms with van der Waals surface area (Å²) in [6.07, 6.45) is -3.32. The molecule has 8 nitrogen and oxygen atoms in total. The molecule has 0 saturated heterocycles. The minimum Gasteiger partial charge on any atom is -0.406 e. The number of aryl methyl sites for hydroxylation is 2. The van der Waals surface area contributed by atoms with Crippen LogP contribution in [0.4, 0.5) is 29.3 Å². The van der Waals surface area contributed by atoms with Crippen LogP contribution in [-0.4, -0.2) is 32.3 Å². The highest BCUT2D eigenvalue weighted by Crippen LogP contribution is 2.24. The van der Waals surface area contributed by atoms with E-state index in [1.165, 1.54) is 35.3 Å². The van der Waals surface area contributed by atoms with Gasteiger partial charge in [0, 0.05) is 16.9 Å². The van der Waals surface area contributed by atoms with Crippen LogP contribution in [0.15, 0.2) is 78.0 Å². The Balaban J connectivity index is 1.38. The molecule has 2 N–H and O–H groups in total. The summed E-state index contributed by atoms with van der Waals surface area (Å²) in [7, 11) is 0. The molecule has 0 aliphatic carbocycles. The monoisotopic (exact) mass is 526 g/mol. The lowest BCUT2D eigenvalue weighted by Crippen LogP contribution is -2.17. The van der Waals surface area contributed by atoms with E-state index in [2.05, 4.69) is 43.1 Å². The van der Waals surface area contributed by atoms with Crippen LogP contribution >= 0.6 is 12.6 Å². The second-order valence-electron chi connectivity index (χ2n) is 7.89. The van der Waals surface area contributed by atoms with Crippen molar-refractivity contribution < 1.29 is 22.7 Å². The van der Waals surface area contributed by atoms with Gasteiger partial charge in [0.15, 0.2) is 11.0 Å². The number of ether oxygens (including phenoxy) is 1. The molecule has 0 aliphatic heterocycles. The van der Waals surface area contributed by atoms with Gasteiger partial charge in [0.1, 0.15) is 12.1 Å². The number of para-hydroxylation sites is 1. The molecular formula is C25H21F3N6O2S. The maximum atomic E-state index is 12.3. The Bertz CT molecular complexity index is 1410. The predicted octanol–water partition coefficient (Wildman–Crippen LogP) is 6.38. The van der Waals surface area contributed by atoms with Gasteiger partial charge in [-0.1, -0.05) is 18.2 Å². The number of nitrogens with zero attached hydrogens (tertiary/aromatic N) is 4. The number of urea groups is 1. The van der Waals surface area contributed by atoms with E-state index in [-0.39, 0.29) is 10.9 Å². The number of aliphatic imine (C=N–C) groups is 1. The lowest BCUT2D eigenvalue weighted by Gasteiger charge is -2.11. The first kappa shape index (κ1) is 25.8. The maximum absolute atomic E-state index is 12.3. The molecule has 37 heavy (non-hydrogen) atoms. The molecular weight excluding hydrogens is 505 g/mol. The number of nitrogens with one attached hydrogen (secondary N) is 2. The molecule has 4 rings (SSSR count). The van der Waals surface area contributed by atoms with Crippen LogP contribution in [0.3, 0.4) is 0 Å². The van der Waals surface area contributed by atoms with Crippen LogP contribution in [0.5, 0.6) is 5.75 Å². The Morgan fingerprint density at radius 1 is 0.973 bits per heavy atom. The van der Waals surface area contributed by atoms with Crippen molar-refractivity contribution in [3.05, 3.63) is 84.2 Å². The second kappa shape index (κ2) is 10.7. The summed E-state index contributed by atoms with van der Waals surface area (Å²) in [6, 6.07) is 17.3. The van der Waals surface area contributed by atoms with Gasteiger partial charge >= 0.3 is 12.4 Å². The Kier molecular flexibility index (Phi) is 7.48. The van der Waals surface area contributed by atoms with Crippen molar-refractivity contribution in [2.24, 2.45) is 4.99 Å². The number of carbonyl (C=O) groups is 1. The highest BCUT2D eigenvalue weighted by atomic mass is 32.1. The van der Waals surface area contributed by atoms with Crippen LogP contribution in [0.25, 0.3) is 17.1 Å². The maximum Gasteiger partial charge on any atom is 0.573 e. The second-order valence-corrected chi connectivity index (χ2v) is 8.31.